The number of aromatic hydroxyl groups is 1. The maximum absolute atomic E-state index is 9.29. The normalized spacial score (nSPS) is 14.5. The minimum Gasteiger partial charge on any atom is -0.506 e. The largest absolute Gasteiger partial charge is 0.506 e. The van der Waals surface area contributed by atoms with Crippen LogP contribution in [0.3, 0.4) is 0 Å². The van der Waals surface area contributed by atoms with Crippen LogP contribution in [0.4, 0.5) is 0 Å². The molecule has 0 saturated heterocycles. The third-order valence-corrected chi connectivity index (χ3v) is 1.52. The Labute approximate surface area is 74.5 Å². The molecule has 0 aliphatic heterocycles. The molecule has 1 heterocycles. The van der Waals surface area contributed by atoms with Gasteiger partial charge in [-0.3, -0.25) is 4.98 Å². The fourth-order valence-electron chi connectivity index (χ4n) is 0.860. The molecule has 0 fully saturated rings. The molecule has 0 aliphatic rings. The van der Waals surface area contributed by atoms with Crippen molar-refractivity contribution >= 4 is 0 Å². The molecule has 0 aliphatic carbocycles. The van der Waals surface area contributed by atoms with Gasteiger partial charge < -0.3 is 15.3 Å². The first-order chi connectivity index (χ1) is 6.15. The lowest BCUT2D eigenvalue weighted by Gasteiger charge is -2.10. The van der Waals surface area contributed by atoms with Crippen LogP contribution in [0.25, 0.3) is 0 Å². The van der Waals surface area contributed by atoms with Gasteiger partial charge in [-0.25, -0.2) is 0 Å². The number of pyridine rings is 1. The summed E-state index contributed by atoms with van der Waals surface area (Å²) in [5.74, 6) is -0.123. The Morgan fingerprint density at radius 1 is 1.38 bits per heavy atom. The van der Waals surface area contributed by atoms with Gasteiger partial charge in [0.15, 0.2) is 6.10 Å². The smallest absolute Gasteiger partial charge is 0.170 e. The van der Waals surface area contributed by atoms with Gasteiger partial charge in [0.1, 0.15) is 11.9 Å². The predicted molar refractivity (Wildman–Crippen MR) is 42.5 cm³/mol. The fourth-order valence-corrected chi connectivity index (χ4v) is 0.860. The van der Waals surface area contributed by atoms with Crippen molar-refractivity contribution < 1.29 is 15.3 Å². The second-order valence-corrected chi connectivity index (χ2v) is 2.50. The van der Waals surface area contributed by atoms with Gasteiger partial charge in [-0.2, -0.15) is 5.26 Å². The molecule has 3 N–H and O–H groups in total. The first-order valence-corrected chi connectivity index (χ1v) is 3.55. The van der Waals surface area contributed by atoms with Crippen molar-refractivity contribution in [2.75, 3.05) is 0 Å². The van der Waals surface area contributed by atoms with Crippen LogP contribution in [-0.2, 0) is 0 Å². The molecule has 68 valence electrons. The minimum absolute atomic E-state index is 0.123. The van der Waals surface area contributed by atoms with Crippen LogP contribution >= 0.6 is 0 Å². The molecule has 5 heteroatoms. The van der Waals surface area contributed by atoms with Crippen molar-refractivity contribution in [1.29, 1.82) is 5.26 Å². The molecule has 0 aromatic carbocycles. The van der Waals surface area contributed by atoms with Gasteiger partial charge in [0.25, 0.3) is 0 Å². The summed E-state index contributed by atoms with van der Waals surface area (Å²) in [7, 11) is 0. The van der Waals surface area contributed by atoms with E-state index in [1.807, 2.05) is 0 Å². The summed E-state index contributed by atoms with van der Waals surface area (Å²) in [6.07, 6.45) is -0.395. The molecule has 1 aromatic rings. The number of aromatic nitrogens is 1. The van der Waals surface area contributed by atoms with E-state index in [1.165, 1.54) is 24.5 Å². The Morgan fingerprint density at radius 2 is 2.08 bits per heavy atom. The van der Waals surface area contributed by atoms with Gasteiger partial charge in [0, 0.05) is 11.8 Å². The van der Waals surface area contributed by atoms with E-state index >= 15 is 0 Å². The fraction of sp³-hybridized carbons (Fsp3) is 0.250. The van der Waals surface area contributed by atoms with Gasteiger partial charge in [-0.15, -0.1) is 0 Å². The second-order valence-electron chi connectivity index (χ2n) is 2.50. The predicted octanol–water partition coefficient (Wildman–Crippen LogP) is -0.295. The number of rotatable bonds is 2. The highest BCUT2D eigenvalue weighted by molar-refractivity contribution is 5.25. The summed E-state index contributed by atoms with van der Waals surface area (Å²) in [6.45, 7) is 0. The Morgan fingerprint density at radius 3 is 2.62 bits per heavy atom. The topological polar surface area (TPSA) is 97.4 Å². The molecule has 0 radical (unpaired) electrons. The van der Waals surface area contributed by atoms with Crippen LogP contribution in [0, 0.1) is 11.3 Å². The van der Waals surface area contributed by atoms with Crippen molar-refractivity contribution in [2.24, 2.45) is 0 Å². The average molecular weight is 180 g/mol. The highest BCUT2D eigenvalue weighted by atomic mass is 16.3. The highest BCUT2D eigenvalue weighted by Gasteiger charge is 2.17. The third-order valence-electron chi connectivity index (χ3n) is 1.52. The number of hydrogen-bond acceptors (Lipinski definition) is 5. The monoisotopic (exact) mass is 180 g/mol. The molecular weight excluding hydrogens is 172 g/mol. The van der Waals surface area contributed by atoms with Crippen molar-refractivity contribution in [3.8, 4) is 11.8 Å². The molecule has 5 nitrogen and oxygen atoms in total. The summed E-state index contributed by atoms with van der Waals surface area (Å²) < 4.78 is 0. The molecule has 0 saturated carbocycles. The van der Waals surface area contributed by atoms with Crippen molar-refractivity contribution in [3.05, 3.63) is 24.0 Å². The zero-order valence-corrected chi connectivity index (χ0v) is 6.62. The number of hydrogen-bond donors (Lipinski definition) is 3. The lowest BCUT2D eigenvalue weighted by molar-refractivity contribution is 0.0524. The first kappa shape index (κ1) is 9.45. The van der Waals surface area contributed by atoms with Gasteiger partial charge in [-0.1, -0.05) is 0 Å². The van der Waals surface area contributed by atoms with E-state index in [-0.39, 0.29) is 11.3 Å². The van der Waals surface area contributed by atoms with Crippen molar-refractivity contribution in [3.63, 3.8) is 0 Å². The van der Waals surface area contributed by atoms with E-state index in [4.69, 9.17) is 15.5 Å². The van der Waals surface area contributed by atoms with E-state index in [1.54, 1.807) is 0 Å². The van der Waals surface area contributed by atoms with E-state index in [9.17, 15) is 5.11 Å². The lowest BCUT2D eigenvalue weighted by Crippen LogP contribution is -2.15. The molecule has 0 bridgehead atoms. The number of aliphatic hydroxyl groups is 2. The summed E-state index contributed by atoms with van der Waals surface area (Å²) in [4.78, 5) is 3.59. The lowest BCUT2D eigenvalue weighted by atomic mass is 10.1. The Kier molecular flexibility index (Phi) is 2.80. The number of nitriles is 1. The Balaban J connectivity index is 2.90. The van der Waals surface area contributed by atoms with E-state index in [2.05, 4.69) is 4.98 Å². The molecule has 1 aromatic heterocycles. The van der Waals surface area contributed by atoms with Gasteiger partial charge in [-0.05, 0) is 6.07 Å². The van der Waals surface area contributed by atoms with Crippen LogP contribution in [0.2, 0.25) is 0 Å². The molecule has 0 spiro atoms. The Hall–Kier alpha value is -1.64. The van der Waals surface area contributed by atoms with Crippen LogP contribution in [0.1, 0.15) is 11.7 Å². The molecule has 0 amide bonds. The summed E-state index contributed by atoms with van der Waals surface area (Å²) >= 11 is 0. The van der Waals surface area contributed by atoms with Crippen LogP contribution in [0.15, 0.2) is 18.5 Å². The Bertz CT molecular complexity index is 334. The van der Waals surface area contributed by atoms with Gasteiger partial charge >= 0.3 is 0 Å². The van der Waals surface area contributed by atoms with Crippen LogP contribution in [0.5, 0.6) is 5.75 Å². The van der Waals surface area contributed by atoms with E-state index in [0.717, 1.165) is 0 Å². The zero-order chi connectivity index (χ0) is 9.84. The zero-order valence-electron chi connectivity index (χ0n) is 6.62. The maximum Gasteiger partial charge on any atom is 0.170 e. The minimum atomic E-state index is -1.51. The number of nitrogens with zero attached hydrogens (tertiary/aromatic N) is 2. The highest BCUT2D eigenvalue weighted by Crippen LogP contribution is 2.18. The summed E-state index contributed by atoms with van der Waals surface area (Å²) in [5, 5.41) is 35.5. The molecule has 1 rings (SSSR count). The summed E-state index contributed by atoms with van der Waals surface area (Å²) in [5.41, 5.74) is 0.203. The average Bonchev–Trinajstić information content (AvgIpc) is 2.15. The van der Waals surface area contributed by atoms with E-state index in [0.29, 0.717) is 0 Å². The molecule has 2 atom stereocenters. The standard InChI is InChI=1S/C8H8N2O3/c9-2-7(12)8(13)5-1-6(11)4-10-3-5/h1,3-4,7-8,11-13H. The molecule has 2 unspecified atom stereocenters. The van der Waals surface area contributed by atoms with Crippen molar-refractivity contribution in [1.82, 2.24) is 4.98 Å². The molecular formula is C8H8N2O3. The second kappa shape index (κ2) is 3.85. The van der Waals surface area contributed by atoms with Crippen LogP contribution < -0.4 is 0 Å². The van der Waals surface area contributed by atoms with Gasteiger partial charge in [0.05, 0.1) is 12.3 Å². The number of aliphatic hydroxyl groups excluding tert-OH is 2. The maximum atomic E-state index is 9.29. The third kappa shape index (κ3) is 2.15. The van der Waals surface area contributed by atoms with Crippen molar-refractivity contribution in [2.45, 2.75) is 12.2 Å². The van der Waals surface area contributed by atoms with E-state index < -0.39 is 12.2 Å². The van der Waals surface area contributed by atoms with Gasteiger partial charge in [0.2, 0.25) is 0 Å². The molecule has 13 heavy (non-hydrogen) atoms. The van der Waals surface area contributed by atoms with Crippen LogP contribution in [-0.4, -0.2) is 26.4 Å². The quantitative estimate of drug-likeness (QED) is 0.543. The SMILES string of the molecule is N#CC(O)C(O)c1cncc(O)c1. The first-order valence-electron chi connectivity index (χ1n) is 3.55. The summed E-state index contributed by atoms with van der Waals surface area (Å²) in [6, 6.07) is 2.71.